The lowest BCUT2D eigenvalue weighted by atomic mass is 9.86. The Bertz CT molecular complexity index is 222. The Morgan fingerprint density at radius 1 is 0.652 bits per heavy atom. The average molecular weight is 348 g/mol. The maximum Gasteiger partial charge on any atom is 0.0914 e. The number of unbranched alkanes of at least 4 members (excludes halogenated alkanes) is 13. The predicted molar refractivity (Wildman–Crippen MR) is 101 cm³/mol. The lowest BCUT2D eigenvalue weighted by Gasteiger charge is -2.23. The number of halogens is 1. The zero-order valence-electron chi connectivity index (χ0n) is 16.8. The monoisotopic (exact) mass is 347 g/mol. The summed E-state index contributed by atoms with van der Waals surface area (Å²) in [7, 11) is 0. The van der Waals surface area contributed by atoms with Crippen molar-refractivity contribution in [2.24, 2.45) is 5.92 Å². The van der Waals surface area contributed by atoms with Crippen molar-refractivity contribution in [1.29, 1.82) is 0 Å². The van der Waals surface area contributed by atoms with E-state index < -0.39 is 0 Å². The summed E-state index contributed by atoms with van der Waals surface area (Å²) < 4.78 is 0. The lowest BCUT2D eigenvalue weighted by Crippen LogP contribution is -3.00. The molecule has 23 heavy (non-hydrogen) atoms. The molecule has 2 heteroatoms. The topological polar surface area (TPSA) is 27.6 Å². The molecular weight excluding hydrogens is 302 g/mol. The van der Waals surface area contributed by atoms with Crippen molar-refractivity contribution in [1.82, 2.24) is 0 Å². The van der Waals surface area contributed by atoms with Crippen LogP contribution in [-0.2, 0) is 0 Å². The van der Waals surface area contributed by atoms with E-state index in [0.717, 1.165) is 5.92 Å². The maximum absolute atomic E-state index is 4.25. The molecule has 1 nitrogen and oxygen atoms in total. The number of hydrogen-bond acceptors (Lipinski definition) is 0. The van der Waals surface area contributed by atoms with Crippen LogP contribution < -0.4 is 18.1 Å². The van der Waals surface area contributed by atoms with Gasteiger partial charge in [0.25, 0.3) is 0 Å². The SMILES string of the molecule is CCCCCCCCCCCCCCCCC(C)C(C)(C)[NH3+].[Cl-]. The number of quaternary nitrogens is 1. The second-order valence-corrected chi connectivity index (χ2v) is 8.27. The minimum atomic E-state index is 0. The van der Waals surface area contributed by atoms with Crippen LogP contribution in [0.25, 0.3) is 0 Å². The highest BCUT2D eigenvalue weighted by Gasteiger charge is 2.23. The van der Waals surface area contributed by atoms with Crippen molar-refractivity contribution in [2.75, 3.05) is 0 Å². The predicted octanol–water partition coefficient (Wildman–Crippen LogP) is 3.52. The van der Waals surface area contributed by atoms with E-state index >= 15 is 0 Å². The van der Waals surface area contributed by atoms with Gasteiger partial charge in [-0.3, -0.25) is 0 Å². The van der Waals surface area contributed by atoms with E-state index in [1.54, 1.807) is 0 Å². The molecular formula is C21H46ClN. The van der Waals surface area contributed by atoms with Crippen LogP contribution in [0.4, 0.5) is 0 Å². The molecule has 0 aromatic heterocycles. The van der Waals surface area contributed by atoms with Gasteiger partial charge in [-0.2, -0.15) is 0 Å². The molecule has 0 saturated carbocycles. The molecule has 0 aromatic carbocycles. The van der Waals surface area contributed by atoms with Gasteiger partial charge >= 0.3 is 0 Å². The Morgan fingerprint density at radius 3 is 1.26 bits per heavy atom. The summed E-state index contributed by atoms with van der Waals surface area (Å²) in [6.07, 6.45) is 21.6. The van der Waals surface area contributed by atoms with Crippen LogP contribution in [-0.4, -0.2) is 5.54 Å². The van der Waals surface area contributed by atoms with E-state index in [2.05, 4.69) is 33.4 Å². The van der Waals surface area contributed by atoms with E-state index in [1.807, 2.05) is 0 Å². The van der Waals surface area contributed by atoms with E-state index in [1.165, 1.54) is 96.3 Å². The van der Waals surface area contributed by atoms with Crippen molar-refractivity contribution in [3.05, 3.63) is 0 Å². The normalized spacial score (nSPS) is 12.9. The fourth-order valence-corrected chi connectivity index (χ4v) is 3.04. The molecule has 0 spiro atoms. The van der Waals surface area contributed by atoms with E-state index in [0.29, 0.717) is 0 Å². The molecule has 0 rings (SSSR count). The Kier molecular flexibility index (Phi) is 18.9. The van der Waals surface area contributed by atoms with Gasteiger partial charge in [0.15, 0.2) is 0 Å². The summed E-state index contributed by atoms with van der Waals surface area (Å²) in [5.74, 6) is 0.754. The fraction of sp³-hybridized carbons (Fsp3) is 1.00. The number of rotatable bonds is 16. The van der Waals surface area contributed by atoms with Gasteiger partial charge in [-0.25, -0.2) is 0 Å². The van der Waals surface area contributed by atoms with Gasteiger partial charge in [-0.1, -0.05) is 104 Å². The summed E-state index contributed by atoms with van der Waals surface area (Å²) in [5, 5.41) is 0. The van der Waals surface area contributed by atoms with Crippen LogP contribution >= 0.6 is 0 Å². The molecule has 0 radical (unpaired) electrons. The first-order valence-electron chi connectivity index (χ1n) is 10.3. The van der Waals surface area contributed by atoms with E-state index in [4.69, 9.17) is 0 Å². The second-order valence-electron chi connectivity index (χ2n) is 8.27. The van der Waals surface area contributed by atoms with E-state index in [-0.39, 0.29) is 17.9 Å². The minimum absolute atomic E-state index is 0. The molecule has 0 fully saturated rings. The molecule has 0 aromatic rings. The highest BCUT2D eigenvalue weighted by molar-refractivity contribution is 4.71. The first kappa shape index (κ1) is 25.5. The van der Waals surface area contributed by atoms with Gasteiger partial charge < -0.3 is 18.1 Å². The molecule has 1 atom stereocenters. The van der Waals surface area contributed by atoms with Crippen molar-refractivity contribution < 1.29 is 18.1 Å². The first-order valence-corrected chi connectivity index (χ1v) is 10.3. The molecule has 0 saturated heterocycles. The maximum atomic E-state index is 4.25. The zero-order chi connectivity index (χ0) is 16.7. The van der Waals surface area contributed by atoms with Crippen molar-refractivity contribution in [3.63, 3.8) is 0 Å². The summed E-state index contributed by atoms with van der Waals surface area (Å²) in [6.45, 7) is 9.18. The van der Waals surface area contributed by atoms with Crippen LogP contribution in [0, 0.1) is 5.92 Å². The largest absolute Gasteiger partial charge is 1.00 e. The van der Waals surface area contributed by atoms with Gasteiger partial charge in [0.2, 0.25) is 0 Å². The van der Waals surface area contributed by atoms with Crippen molar-refractivity contribution >= 4 is 0 Å². The molecule has 0 heterocycles. The van der Waals surface area contributed by atoms with Crippen LogP contribution in [0.1, 0.15) is 124 Å². The number of hydrogen-bond donors (Lipinski definition) is 1. The Hall–Kier alpha value is 0.250. The second kappa shape index (κ2) is 17.1. The summed E-state index contributed by atoms with van der Waals surface area (Å²) in [5.41, 5.74) is 4.50. The molecule has 142 valence electrons. The quantitative estimate of drug-likeness (QED) is 0.414. The summed E-state index contributed by atoms with van der Waals surface area (Å²) in [4.78, 5) is 0. The van der Waals surface area contributed by atoms with Crippen LogP contribution in [0.5, 0.6) is 0 Å². The fourth-order valence-electron chi connectivity index (χ4n) is 3.04. The third-order valence-electron chi connectivity index (χ3n) is 5.32. The molecule has 0 aliphatic heterocycles. The third-order valence-corrected chi connectivity index (χ3v) is 5.32. The van der Waals surface area contributed by atoms with Crippen molar-refractivity contribution in [3.8, 4) is 0 Å². The molecule has 3 N–H and O–H groups in total. The molecule has 1 unspecified atom stereocenters. The third kappa shape index (κ3) is 18.4. The van der Waals surface area contributed by atoms with Gasteiger partial charge in [0.1, 0.15) is 0 Å². The minimum Gasteiger partial charge on any atom is -1.00 e. The summed E-state index contributed by atoms with van der Waals surface area (Å²) >= 11 is 0. The molecule has 0 bridgehead atoms. The smallest absolute Gasteiger partial charge is 0.0914 e. The summed E-state index contributed by atoms with van der Waals surface area (Å²) in [6, 6.07) is 0. The first-order chi connectivity index (χ1) is 10.5. The van der Waals surface area contributed by atoms with E-state index in [9.17, 15) is 0 Å². The Balaban J connectivity index is 0. The van der Waals surface area contributed by atoms with Gasteiger partial charge in [-0.15, -0.1) is 0 Å². The van der Waals surface area contributed by atoms with Crippen LogP contribution in [0.2, 0.25) is 0 Å². The standard InChI is InChI=1S/C21H45N.ClH/c1-5-6-7-8-9-10-11-12-13-14-15-16-17-18-19-20(2)21(3,4)22;/h20H,5-19,22H2,1-4H3;1H. The average Bonchev–Trinajstić information content (AvgIpc) is 2.46. The molecule has 0 aliphatic carbocycles. The Morgan fingerprint density at radius 2 is 0.957 bits per heavy atom. The van der Waals surface area contributed by atoms with Crippen LogP contribution in [0.3, 0.4) is 0 Å². The lowest BCUT2D eigenvalue weighted by molar-refractivity contribution is -0.479. The highest BCUT2D eigenvalue weighted by atomic mass is 35.5. The Labute approximate surface area is 154 Å². The zero-order valence-corrected chi connectivity index (χ0v) is 17.5. The molecule has 0 aliphatic rings. The van der Waals surface area contributed by atoms with Gasteiger partial charge in [-0.05, 0) is 20.3 Å². The van der Waals surface area contributed by atoms with Crippen molar-refractivity contribution in [2.45, 2.75) is 130 Å². The van der Waals surface area contributed by atoms with Gasteiger partial charge in [0, 0.05) is 5.92 Å². The highest BCUT2D eigenvalue weighted by Crippen LogP contribution is 2.19. The van der Waals surface area contributed by atoms with Gasteiger partial charge in [0.05, 0.1) is 5.54 Å². The molecule has 0 amide bonds. The van der Waals surface area contributed by atoms with Crippen LogP contribution in [0.15, 0.2) is 0 Å².